The van der Waals surface area contributed by atoms with Crippen molar-refractivity contribution in [3.05, 3.63) is 0 Å². The van der Waals surface area contributed by atoms with Crippen molar-refractivity contribution in [2.24, 2.45) is 11.7 Å². The maximum atomic E-state index is 5.51. The fourth-order valence-corrected chi connectivity index (χ4v) is 1.44. The molecule has 0 saturated carbocycles. The maximum absolute atomic E-state index is 5.51. The minimum absolute atomic E-state index is 0.380. The summed E-state index contributed by atoms with van der Waals surface area (Å²) in [5, 5.41) is 0. The lowest BCUT2D eigenvalue weighted by atomic mass is 10.0. The van der Waals surface area contributed by atoms with Crippen LogP contribution < -0.4 is 5.73 Å². The normalized spacial score (nSPS) is 43.7. The van der Waals surface area contributed by atoms with Crippen LogP contribution >= 0.6 is 0 Å². The summed E-state index contributed by atoms with van der Waals surface area (Å²) in [5.41, 5.74) is 5.51. The Morgan fingerprint density at radius 3 is 2.44 bits per heavy atom. The topological polar surface area (TPSA) is 35.2 Å². The maximum Gasteiger partial charge on any atom is 0.0591 e. The molecule has 3 atom stereocenters. The van der Waals surface area contributed by atoms with E-state index in [0.717, 1.165) is 13.0 Å². The Kier molecular flexibility index (Phi) is 2.09. The second-order valence-corrected chi connectivity index (χ2v) is 2.88. The van der Waals surface area contributed by atoms with Crippen LogP contribution in [0.5, 0.6) is 0 Å². The summed E-state index contributed by atoms with van der Waals surface area (Å²) in [6, 6.07) is 0. The Morgan fingerprint density at radius 1 is 1.56 bits per heavy atom. The zero-order valence-corrected chi connectivity index (χ0v) is 6.13. The molecule has 0 radical (unpaired) electrons. The molecule has 1 aliphatic heterocycles. The Balaban J connectivity index is 2.38. The van der Waals surface area contributed by atoms with Crippen molar-refractivity contribution in [1.29, 1.82) is 0 Å². The van der Waals surface area contributed by atoms with Crippen LogP contribution in [0.2, 0.25) is 0 Å². The van der Waals surface area contributed by atoms with Gasteiger partial charge in [-0.05, 0) is 32.7 Å². The second-order valence-electron chi connectivity index (χ2n) is 2.88. The summed E-state index contributed by atoms with van der Waals surface area (Å²) in [6.07, 6.45) is 1.94. The van der Waals surface area contributed by atoms with Gasteiger partial charge in [0.05, 0.1) is 12.2 Å². The Hall–Kier alpha value is -0.0800. The van der Waals surface area contributed by atoms with Gasteiger partial charge in [-0.25, -0.2) is 0 Å². The van der Waals surface area contributed by atoms with Gasteiger partial charge in [-0.2, -0.15) is 0 Å². The van der Waals surface area contributed by atoms with Gasteiger partial charge < -0.3 is 10.5 Å². The first-order chi connectivity index (χ1) is 4.24. The molecule has 1 saturated heterocycles. The molecule has 0 aromatic rings. The summed E-state index contributed by atoms with van der Waals surface area (Å²) >= 11 is 0. The third-order valence-electron chi connectivity index (χ3n) is 2.05. The standard InChI is InChI=1S/C7H15NO/c1-5-3-7(4-8)6(2)9-5/h5-7H,3-4,8H2,1-2H3/t5-,6-,7-/m0/s1. The number of hydrogen-bond donors (Lipinski definition) is 1. The largest absolute Gasteiger partial charge is 0.375 e. The van der Waals surface area contributed by atoms with Gasteiger partial charge in [0.25, 0.3) is 0 Å². The molecule has 0 bridgehead atoms. The van der Waals surface area contributed by atoms with Gasteiger partial charge in [-0.3, -0.25) is 0 Å². The van der Waals surface area contributed by atoms with Crippen LogP contribution in [0.15, 0.2) is 0 Å². The van der Waals surface area contributed by atoms with Crippen LogP contribution in [0.3, 0.4) is 0 Å². The van der Waals surface area contributed by atoms with Crippen molar-refractivity contribution >= 4 is 0 Å². The first kappa shape index (κ1) is 7.03. The highest BCUT2D eigenvalue weighted by molar-refractivity contribution is 4.77. The summed E-state index contributed by atoms with van der Waals surface area (Å²) in [7, 11) is 0. The first-order valence-corrected chi connectivity index (χ1v) is 3.59. The van der Waals surface area contributed by atoms with Crippen LogP contribution in [-0.2, 0) is 4.74 Å². The second kappa shape index (κ2) is 2.67. The van der Waals surface area contributed by atoms with Crippen molar-refractivity contribution < 1.29 is 4.74 Å². The molecular weight excluding hydrogens is 114 g/mol. The van der Waals surface area contributed by atoms with Crippen molar-refractivity contribution in [2.45, 2.75) is 32.5 Å². The summed E-state index contributed by atoms with van der Waals surface area (Å²) in [4.78, 5) is 0. The summed E-state index contributed by atoms with van der Waals surface area (Å²) < 4.78 is 5.48. The van der Waals surface area contributed by atoms with Gasteiger partial charge in [-0.1, -0.05) is 0 Å². The minimum Gasteiger partial charge on any atom is -0.375 e. The van der Waals surface area contributed by atoms with E-state index >= 15 is 0 Å². The highest BCUT2D eigenvalue weighted by Crippen LogP contribution is 2.24. The first-order valence-electron chi connectivity index (χ1n) is 3.59. The minimum atomic E-state index is 0.380. The number of nitrogens with two attached hydrogens (primary N) is 1. The molecule has 0 amide bonds. The molecule has 1 aliphatic rings. The lowest BCUT2D eigenvalue weighted by Crippen LogP contribution is -2.20. The predicted molar refractivity (Wildman–Crippen MR) is 37.2 cm³/mol. The van der Waals surface area contributed by atoms with Gasteiger partial charge in [0.2, 0.25) is 0 Å². The smallest absolute Gasteiger partial charge is 0.0591 e. The molecule has 54 valence electrons. The van der Waals surface area contributed by atoms with E-state index in [1.54, 1.807) is 0 Å². The predicted octanol–water partition coefficient (Wildman–Crippen LogP) is 0.759. The van der Waals surface area contributed by atoms with Crippen LogP contribution in [0, 0.1) is 5.92 Å². The number of rotatable bonds is 1. The van der Waals surface area contributed by atoms with E-state index in [1.165, 1.54) is 0 Å². The van der Waals surface area contributed by atoms with Gasteiger partial charge in [0.1, 0.15) is 0 Å². The van der Waals surface area contributed by atoms with E-state index in [-0.39, 0.29) is 0 Å². The third-order valence-corrected chi connectivity index (χ3v) is 2.05. The zero-order chi connectivity index (χ0) is 6.85. The van der Waals surface area contributed by atoms with Gasteiger partial charge >= 0.3 is 0 Å². The fraction of sp³-hybridized carbons (Fsp3) is 1.00. The van der Waals surface area contributed by atoms with Crippen LogP contribution in [0.1, 0.15) is 20.3 Å². The molecule has 0 aromatic heterocycles. The molecule has 9 heavy (non-hydrogen) atoms. The molecule has 0 spiro atoms. The lowest BCUT2D eigenvalue weighted by molar-refractivity contribution is 0.0570. The molecule has 0 aromatic carbocycles. The van der Waals surface area contributed by atoms with Crippen molar-refractivity contribution in [1.82, 2.24) is 0 Å². The monoisotopic (exact) mass is 129 g/mol. The average molecular weight is 129 g/mol. The molecule has 0 unspecified atom stereocenters. The Morgan fingerprint density at radius 2 is 2.22 bits per heavy atom. The summed E-state index contributed by atoms with van der Waals surface area (Å²) in [5.74, 6) is 0.597. The van der Waals surface area contributed by atoms with E-state index in [0.29, 0.717) is 18.1 Å². The fourth-order valence-electron chi connectivity index (χ4n) is 1.44. The zero-order valence-electron chi connectivity index (χ0n) is 6.13. The highest BCUT2D eigenvalue weighted by Gasteiger charge is 2.27. The van der Waals surface area contributed by atoms with E-state index in [4.69, 9.17) is 10.5 Å². The molecule has 2 heteroatoms. The quantitative estimate of drug-likeness (QED) is 0.567. The number of ether oxygens (including phenoxy) is 1. The Bertz CT molecular complexity index is 94.9. The molecule has 0 aliphatic carbocycles. The molecule has 2 nitrogen and oxygen atoms in total. The SMILES string of the molecule is C[C@@H]1O[C@@H](C)C[C@H]1CN. The van der Waals surface area contributed by atoms with Gasteiger partial charge in [0, 0.05) is 0 Å². The van der Waals surface area contributed by atoms with E-state index in [2.05, 4.69) is 13.8 Å². The van der Waals surface area contributed by atoms with Crippen LogP contribution in [0.25, 0.3) is 0 Å². The van der Waals surface area contributed by atoms with Crippen molar-refractivity contribution in [3.8, 4) is 0 Å². The van der Waals surface area contributed by atoms with E-state index in [1.807, 2.05) is 0 Å². The highest BCUT2D eigenvalue weighted by atomic mass is 16.5. The van der Waals surface area contributed by atoms with Crippen LogP contribution in [-0.4, -0.2) is 18.8 Å². The molecule has 1 fully saturated rings. The molecular formula is C7H15NO. The molecule has 2 N–H and O–H groups in total. The third kappa shape index (κ3) is 1.43. The average Bonchev–Trinajstić information content (AvgIpc) is 2.10. The van der Waals surface area contributed by atoms with E-state index in [9.17, 15) is 0 Å². The summed E-state index contributed by atoms with van der Waals surface area (Å²) in [6.45, 7) is 4.97. The Labute approximate surface area is 56.4 Å². The molecule has 1 heterocycles. The van der Waals surface area contributed by atoms with Crippen LogP contribution in [0.4, 0.5) is 0 Å². The van der Waals surface area contributed by atoms with Gasteiger partial charge in [-0.15, -0.1) is 0 Å². The lowest BCUT2D eigenvalue weighted by Gasteiger charge is -2.09. The van der Waals surface area contributed by atoms with Crippen molar-refractivity contribution in [3.63, 3.8) is 0 Å². The number of hydrogen-bond acceptors (Lipinski definition) is 2. The van der Waals surface area contributed by atoms with E-state index < -0.39 is 0 Å². The van der Waals surface area contributed by atoms with Gasteiger partial charge in [0.15, 0.2) is 0 Å². The van der Waals surface area contributed by atoms with Crippen molar-refractivity contribution in [2.75, 3.05) is 6.54 Å². The molecule has 1 rings (SSSR count).